The number of nitrogens with one attached hydrogen (secondary N) is 1. The largest absolute Gasteiger partial charge is 0.497 e. The Morgan fingerprint density at radius 3 is 2.68 bits per heavy atom. The Labute approximate surface area is 147 Å². The van der Waals surface area contributed by atoms with Gasteiger partial charge in [-0.2, -0.15) is 0 Å². The maximum atomic E-state index is 13.9. The minimum absolute atomic E-state index is 0.0526. The Kier molecular flexibility index (Phi) is 4.45. The van der Waals surface area contributed by atoms with Gasteiger partial charge in [0.1, 0.15) is 11.6 Å². The highest BCUT2D eigenvalue weighted by atomic mass is 19.1. The molecule has 0 spiro atoms. The predicted molar refractivity (Wildman–Crippen MR) is 98.5 cm³/mol. The van der Waals surface area contributed by atoms with E-state index in [9.17, 15) is 4.39 Å². The second-order valence-electron chi connectivity index (χ2n) is 6.71. The number of H-pyrrole nitrogens is 1. The molecule has 1 atom stereocenters. The van der Waals surface area contributed by atoms with Gasteiger partial charge in [0, 0.05) is 17.1 Å². The Morgan fingerprint density at radius 1 is 1.08 bits per heavy atom. The van der Waals surface area contributed by atoms with Crippen LogP contribution < -0.4 is 4.74 Å². The topological polar surface area (TPSA) is 28.3 Å². The Bertz CT molecular complexity index is 867. The number of likely N-dealkylation sites (tertiary alicyclic amines) is 1. The molecule has 4 rings (SSSR count). The summed E-state index contributed by atoms with van der Waals surface area (Å²) >= 11 is 0. The van der Waals surface area contributed by atoms with E-state index in [1.54, 1.807) is 19.2 Å². The highest BCUT2D eigenvalue weighted by molar-refractivity contribution is 5.85. The van der Waals surface area contributed by atoms with Gasteiger partial charge in [-0.3, -0.25) is 4.90 Å². The number of ether oxygens (including phenoxy) is 1. The first-order chi connectivity index (χ1) is 12.3. The van der Waals surface area contributed by atoms with Crippen molar-refractivity contribution < 1.29 is 9.13 Å². The van der Waals surface area contributed by atoms with E-state index < -0.39 is 0 Å². The molecular formula is C21H23FN2O. The van der Waals surface area contributed by atoms with E-state index in [0.29, 0.717) is 0 Å². The number of aromatic nitrogens is 1. The van der Waals surface area contributed by atoms with Gasteiger partial charge in [-0.1, -0.05) is 18.6 Å². The maximum absolute atomic E-state index is 13.9. The van der Waals surface area contributed by atoms with Crippen LogP contribution in [0.1, 0.15) is 36.4 Å². The minimum atomic E-state index is -0.183. The molecule has 3 nitrogen and oxygen atoms in total. The number of benzene rings is 2. The first-order valence-corrected chi connectivity index (χ1v) is 8.91. The molecule has 0 amide bonds. The molecule has 2 heterocycles. The number of rotatable bonds is 4. The number of aromatic amines is 1. The molecule has 2 aromatic carbocycles. The number of hydrogen-bond donors (Lipinski definition) is 1. The molecule has 1 N–H and O–H groups in total. The third-order valence-corrected chi connectivity index (χ3v) is 5.14. The number of hydrogen-bond acceptors (Lipinski definition) is 2. The summed E-state index contributed by atoms with van der Waals surface area (Å²) in [6, 6.07) is 13.1. The summed E-state index contributed by atoms with van der Waals surface area (Å²) in [4.78, 5) is 5.84. The molecule has 1 unspecified atom stereocenters. The van der Waals surface area contributed by atoms with Crippen LogP contribution in [0.2, 0.25) is 0 Å². The Balaban J connectivity index is 1.85. The highest BCUT2D eigenvalue weighted by Crippen LogP contribution is 2.36. The first kappa shape index (κ1) is 16.2. The van der Waals surface area contributed by atoms with E-state index >= 15 is 0 Å². The van der Waals surface area contributed by atoms with E-state index in [2.05, 4.69) is 22.1 Å². The molecule has 1 saturated heterocycles. The summed E-state index contributed by atoms with van der Waals surface area (Å²) in [5.74, 6) is 0.655. The molecule has 1 aliphatic rings. The third kappa shape index (κ3) is 3.14. The second-order valence-corrected chi connectivity index (χ2v) is 6.71. The fourth-order valence-electron chi connectivity index (χ4n) is 3.91. The van der Waals surface area contributed by atoms with Crippen molar-refractivity contribution in [3.63, 3.8) is 0 Å². The van der Waals surface area contributed by atoms with Crippen molar-refractivity contribution in [3.05, 3.63) is 65.6 Å². The quantitative estimate of drug-likeness (QED) is 0.733. The zero-order chi connectivity index (χ0) is 17.2. The zero-order valence-electron chi connectivity index (χ0n) is 14.5. The predicted octanol–water partition coefficient (Wildman–Crippen LogP) is 4.89. The first-order valence-electron chi connectivity index (χ1n) is 8.91. The monoisotopic (exact) mass is 338 g/mol. The summed E-state index contributed by atoms with van der Waals surface area (Å²) in [5, 5.41) is 1.14. The second kappa shape index (κ2) is 6.89. The van der Waals surface area contributed by atoms with Gasteiger partial charge < -0.3 is 9.72 Å². The van der Waals surface area contributed by atoms with Crippen LogP contribution in [0.25, 0.3) is 10.9 Å². The Morgan fingerprint density at radius 2 is 1.92 bits per heavy atom. The van der Waals surface area contributed by atoms with Crippen molar-refractivity contribution in [3.8, 4) is 5.75 Å². The van der Waals surface area contributed by atoms with Crippen molar-refractivity contribution in [2.24, 2.45) is 0 Å². The van der Waals surface area contributed by atoms with E-state index in [-0.39, 0.29) is 11.9 Å². The smallest absolute Gasteiger partial charge is 0.123 e. The van der Waals surface area contributed by atoms with Crippen LogP contribution in [0.15, 0.2) is 48.7 Å². The van der Waals surface area contributed by atoms with Crippen molar-refractivity contribution in [2.75, 3.05) is 20.2 Å². The average Bonchev–Trinajstić information content (AvgIpc) is 3.06. The number of fused-ring (bicyclic) bond motifs is 1. The van der Waals surface area contributed by atoms with Crippen molar-refractivity contribution in [1.82, 2.24) is 9.88 Å². The highest BCUT2D eigenvalue weighted by Gasteiger charge is 2.26. The number of methoxy groups -OCH3 is 1. The van der Waals surface area contributed by atoms with Gasteiger partial charge in [-0.05, 0) is 67.4 Å². The SMILES string of the molecule is COc1ccc2[nH]cc(C(c3cccc(F)c3)N3CCCCC3)c2c1. The van der Waals surface area contributed by atoms with Gasteiger partial charge >= 0.3 is 0 Å². The van der Waals surface area contributed by atoms with Gasteiger partial charge in [0.15, 0.2) is 0 Å². The van der Waals surface area contributed by atoms with E-state index in [0.717, 1.165) is 35.3 Å². The van der Waals surface area contributed by atoms with Gasteiger partial charge in [0.2, 0.25) is 0 Å². The summed E-state index contributed by atoms with van der Waals surface area (Å²) in [6.45, 7) is 2.08. The minimum Gasteiger partial charge on any atom is -0.497 e. The van der Waals surface area contributed by atoms with Crippen LogP contribution in [-0.4, -0.2) is 30.1 Å². The van der Waals surface area contributed by atoms with E-state index in [1.165, 1.54) is 30.9 Å². The lowest BCUT2D eigenvalue weighted by Gasteiger charge is -2.35. The molecule has 0 aliphatic carbocycles. The van der Waals surface area contributed by atoms with Crippen LogP contribution in [0.4, 0.5) is 4.39 Å². The van der Waals surface area contributed by atoms with Crippen molar-refractivity contribution in [1.29, 1.82) is 0 Å². The standard InChI is InChI=1S/C21H23FN2O/c1-25-17-8-9-20-18(13-17)19(14-23-20)21(24-10-3-2-4-11-24)15-6-5-7-16(22)12-15/h5-9,12-14,21,23H,2-4,10-11H2,1H3. The molecular weight excluding hydrogens is 315 g/mol. The lowest BCUT2D eigenvalue weighted by Crippen LogP contribution is -2.34. The van der Waals surface area contributed by atoms with Crippen LogP contribution >= 0.6 is 0 Å². The number of nitrogens with zero attached hydrogens (tertiary/aromatic N) is 1. The normalized spacial score (nSPS) is 16.9. The van der Waals surface area contributed by atoms with E-state index in [4.69, 9.17) is 4.74 Å². The molecule has 0 bridgehead atoms. The van der Waals surface area contributed by atoms with Crippen LogP contribution in [-0.2, 0) is 0 Å². The molecule has 3 aromatic rings. The lowest BCUT2D eigenvalue weighted by molar-refractivity contribution is 0.188. The summed E-state index contributed by atoms with van der Waals surface area (Å²) < 4.78 is 19.3. The maximum Gasteiger partial charge on any atom is 0.123 e. The van der Waals surface area contributed by atoms with Crippen molar-refractivity contribution >= 4 is 10.9 Å². The summed E-state index contributed by atoms with van der Waals surface area (Å²) in [6.07, 6.45) is 5.72. The van der Waals surface area contributed by atoms with Crippen LogP contribution in [0, 0.1) is 5.82 Å². The third-order valence-electron chi connectivity index (χ3n) is 5.14. The number of halogens is 1. The van der Waals surface area contributed by atoms with Crippen molar-refractivity contribution in [2.45, 2.75) is 25.3 Å². The van der Waals surface area contributed by atoms with Gasteiger partial charge in [-0.25, -0.2) is 4.39 Å². The fourth-order valence-corrected chi connectivity index (χ4v) is 3.91. The summed E-state index contributed by atoms with van der Waals surface area (Å²) in [5.41, 5.74) is 3.27. The molecule has 1 aromatic heterocycles. The molecule has 130 valence electrons. The fraction of sp³-hybridized carbons (Fsp3) is 0.333. The molecule has 0 radical (unpaired) electrons. The van der Waals surface area contributed by atoms with Crippen LogP contribution in [0.5, 0.6) is 5.75 Å². The molecule has 1 aliphatic heterocycles. The average molecular weight is 338 g/mol. The summed E-state index contributed by atoms with van der Waals surface area (Å²) in [7, 11) is 1.68. The zero-order valence-corrected chi connectivity index (χ0v) is 14.5. The molecule has 1 fully saturated rings. The molecule has 4 heteroatoms. The molecule has 25 heavy (non-hydrogen) atoms. The van der Waals surface area contributed by atoms with Crippen LogP contribution in [0.3, 0.4) is 0 Å². The molecule has 0 saturated carbocycles. The van der Waals surface area contributed by atoms with Gasteiger partial charge in [0.25, 0.3) is 0 Å². The van der Waals surface area contributed by atoms with Gasteiger partial charge in [-0.15, -0.1) is 0 Å². The number of piperidine rings is 1. The van der Waals surface area contributed by atoms with E-state index in [1.807, 2.05) is 18.2 Å². The van der Waals surface area contributed by atoms with Gasteiger partial charge in [0.05, 0.1) is 13.2 Å². The lowest BCUT2D eigenvalue weighted by atomic mass is 9.94. The Hall–Kier alpha value is -2.33.